The quantitative estimate of drug-likeness (QED) is 0.283. The van der Waals surface area contributed by atoms with Gasteiger partial charge in [-0.2, -0.15) is 27.9 Å². The molecule has 19 heteroatoms. The maximum absolute atomic E-state index is 14.5. The number of pyridine rings is 1. The van der Waals surface area contributed by atoms with E-state index in [-0.39, 0.29) is 77.7 Å². The van der Waals surface area contributed by atoms with E-state index in [0.29, 0.717) is 43.1 Å². The third-order valence-electron chi connectivity index (χ3n) is 10.9. The number of nitriles is 1. The van der Waals surface area contributed by atoms with E-state index in [1.165, 1.54) is 27.8 Å². The molecule has 2 N–H and O–H groups in total. The fraction of sp³-hybridized carbons (Fsp3) is 0.405. The second-order valence-electron chi connectivity index (χ2n) is 14.4. The monoisotopic (exact) mass is 791 g/mol. The van der Waals surface area contributed by atoms with Crippen molar-refractivity contribution in [3.05, 3.63) is 86.3 Å². The highest BCUT2D eigenvalue weighted by atomic mass is 35.5. The number of carbonyl (C=O) groups excluding carboxylic acids is 3. The molecule has 3 aromatic heterocycles. The number of likely N-dealkylation sites (tertiary alicyclic amines) is 1. The highest BCUT2D eigenvalue weighted by Gasteiger charge is 2.53. The van der Waals surface area contributed by atoms with E-state index in [4.69, 9.17) is 21.3 Å². The standard InChI is InChI=1S/C37H33ClF3N9O6/c1-20-29-27(36(56-20)10-15-47(16-11-36)32(54)28-25(51)3-2-12-43-28)31(53)50-34(49(29)18-26(52)44-24-5-4-22(17-23(24)38)37(39,40)41)45-30(46-50)21-6-13-48(14-7-21)33(55)35(19-42)8-9-35/h2-6,12,17,20,51H,7-11,13-16,18H2,1H3,(H,44,52)/t20-/m1/s1. The van der Waals surface area contributed by atoms with Crippen LogP contribution >= 0.6 is 11.6 Å². The van der Waals surface area contributed by atoms with Crippen LogP contribution in [0.4, 0.5) is 18.9 Å². The number of aromatic nitrogens is 5. The zero-order chi connectivity index (χ0) is 39.7. The van der Waals surface area contributed by atoms with Gasteiger partial charge in [0, 0.05) is 32.4 Å². The van der Waals surface area contributed by atoms with Gasteiger partial charge in [-0.1, -0.05) is 17.7 Å². The van der Waals surface area contributed by atoms with E-state index in [1.54, 1.807) is 17.9 Å². The molecule has 2 fully saturated rings. The number of alkyl halides is 3. The van der Waals surface area contributed by atoms with Gasteiger partial charge in [0.15, 0.2) is 11.5 Å². The third kappa shape index (κ3) is 6.24. The predicted octanol–water partition coefficient (Wildman–Crippen LogP) is 4.44. The zero-order valence-electron chi connectivity index (χ0n) is 29.8. The van der Waals surface area contributed by atoms with E-state index in [1.807, 2.05) is 0 Å². The maximum atomic E-state index is 14.5. The number of halogens is 4. The summed E-state index contributed by atoms with van der Waals surface area (Å²) in [5.41, 5.74) is -2.65. The molecular weight excluding hydrogens is 759 g/mol. The summed E-state index contributed by atoms with van der Waals surface area (Å²) in [6, 6.07) is 7.55. The van der Waals surface area contributed by atoms with E-state index in [9.17, 15) is 42.7 Å². The topological polar surface area (TPSA) is 188 Å². The molecule has 1 spiro atoms. The highest BCUT2D eigenvalue weighted by Crippen LogP contribution is 2.49. The van der Waals surface area contributed by atoms with Crippen LogP contribution in [0.2, 0.25) is 5.02 Å². The van der Waals surface area contributed by atoms with Gasteiger partial charge in [0.2, 0.25) is 17.6 Å². The Kier molecular flexibility index (Phi) is 8.92. The number of carbonyl (C=O) groups is 3. The van der Waals surface area contributed by atoms with E-state index in [2.05, 4.69) is 21.5 Å². The van der Waals surface area contributed by atoms with Crippen LogP contribution in [0.25, 0.3) is 11.4 Å². The lowest BCUT2D eigenvalue weighted by Gasteiger charge is -2.39. The molecule has 290 valence electrons. The summed E-state index contributed by atoms with van der Waals surface area (Å²) in [6.45, 7) is 2.05. The van der Waals surface area contributed by atoms with Gasteiger partial charge in [-0.3, -0.25) is 19.2 Å². The number of nitrogens with zero attached hydrogens (tertiary/aromatic N) is 8. The Balaban J connectivity index is 1.15. The van der Waals surface area contributed by atoms with Crippen molar-refractivity contribution in [1.82, 2.24) is 33.9 Å². The minimum Gasteiger partial charge on any atom is -0.505 e. The Hall–Kier alpha value is -5.80. The Morgan fingerprint density at radius 1 is 1.12 bits per heavy atom. The minimum absolute atomic E-state index is 0.00368. The molecule has 1 saturated heterocycles. The smallest absolute Gasteiger partial charge is 0.416 e. The molecule has 15 nitrogen and oxygen atoms in total. The van der Waals surface area contributed by atoms with Gasteiger partial charge in [-0.15, -0.1) is 5.10 Å². The van der Waals surface area contributed by atoms with Crippen LogP contribution in [0.15, 0.2) is 47.4 Å². The maximum Gasteiger partial charge on any atom is 0.416 e. The van der Waals surface area contributed by atoms with Gasteiger partial charge in [0.25, 0.3) is 11.5 Å². The average molecular weight is 792 g/mol. The van der Waals surface area contributed by atoms with Crippen molar-refractivity contribution >= 4 is 46.4 Å². The molecule has 1 saturated carbocycles. The molecule has 0 radical (unpaired) electrons. The molecule has 56 heavy (non-hydrogen) atoms. The number of rotatable bonds is 6. The molecule has 3 aliphatic heterocycles. The number of nitrogens with one attached hydrogen (secondary N) is 1. The van der Waals surface area contributed by atoms with Crippen LogP contribution in [0.5, 0.6) is 5.75 Å². The summed E-state index contributed by atoms with van der Waals surface area (Å²) in [6.07, 6.45) is -0.500. The first kappa shape index (κ1) is 37.1. The van der Waals surface area contributed by atoms with Crippen LogP contribution in [0, 0.1) is 16.7 Å². The number of ether oxygens (including phenoxy) is 1. The zero-order valence-corrected chi connectivity index (χ0v) is 30.5. The number of fused-ring (bicyclic) bond motifs is 3. The second kappa shape index (κ2) is 13.4. The minimum atomic E-state index is -4.65. The SMILES string of the molecule is C[C@H]1OC2(CCN(C(=O)c3ncccc3O)CC2)c2c1n(CC(=O)Nc1ccc(C(F)(F)F)cc1Cl)c1nc(C3=CCN(C(=O)C4(C#N)CC4)CC3)nn1c2=O. The molecule has 1 aromatic carbocycles. The molecule has 1 aliphatic carbocycles. The molecule has 0 bridgehead atoms. The Labute approximate surface area is 320 Å². The van der Waals surface area contributed by atoms with Gasteiger partial charge in [0.05, 0.1) is 39.7 Å². The molecule has 1 atom stereocenters. The molecule has 8 rings (SSSR count). The van der Waals surface area contributed by atoms with Crippen molar-refractivity contribution in [2.24, 2.45) is 5.41 Å². The van der Waals surface area contributed by atoms with Crippen molar-refractivity contribution in [2.75, 3.05) is 31.5 Å². The van der Waals surface area contributed by atoms with Gasteiger partial charge < -0.3 is 29.5 Å². The Morgan fingerprint density at radius 3 is 2.50 bits per heavy atom. The lowest BCUT2D eigenvalue weighted by atomic mass is 9.85. The van der Waals surface area contributed by atoms with Gasteiger partial charge in [-0.25, -0.2) is 4.98 Å². The van der Waals surface area contributed by atoms with Gasteiger partial charge in [-0.05, 0) is 74.9 Å². The number of benzene rings is 1. The molecular formula is C37H33ClF3N9O6. The number of aromatic hydroxyl groups is 1. The summed E-state index contributed by atoms with van der Waals surface area (Å²) in [4.78, 5) is 66.3. The van der Waals surface area contributed by atoms with Crippen LogP contribution in [0.3, 0.4) is 0 Å². The van der Waals surface area contributed by atoms with Crippen molar-refractivity contribution in [3.8, 4) is 11.8 Å². The summed E-state index contributed by atoms with van der Waals surface area (Å²) < 4.78 is 49.0. The molecule has 4 aromatic rings. The fourth-order valence-electron chi connectivity index (χ4n) is 7.80. The average Bonchev–Trinajstić information content (AvgIpc) is 3.76. The molecule has 3 amide bonds. The first-order chi connectivity index (χ1) is 26.6. The lowest BCUT2D eigenvalue weighted by molar-refractivity contribution is -0.137. The van der Waals surface area contributed by atoms with Crippen molar-refractivity contribution in [1.29, 1.82) is 5.26 Å². The van der Waals surface area contributed by atoms with Crippen molar-refractivity contribution in [3.63, 3.8) is 0 Å². The fourth-order valence-corrected chi connectivity index (χ4v) is 8.03. The summed E-state index contributed by atoms with van der Waals surface area (Å²) in [7, 11) is 0. The van der Waals surface area contributed by atoms with Crippen LogP contribution in [-0.2, 0) is 32.6 Å². The Bertz CT molecular complexity index is 2460. The van der Waals surface area contributed by atoms with E-state index >= 15 is 0 Å². The largest absolute Gasteiger partial charge is 0.505 e. The number of amides is 3. The molecule has 6 heterocycles. The highest BCUT2D eigenvalue weighted by molar-refractivity contribution is 6.33. The first-order valence-electron chi connectivity index (χ1n) is 17.9. The summed E-state index contributed by atoms with van der Waals surface area (Å²) in [5.74, 6) is -1.47. The van der Waals surface area contributed by atoms with Gasteiger partial charge >= 0.3 is 6.18 Å². The number of anilines is 1. The first-order valence-corrected chi connectivity index (χ1v) is 18.2. The predicted molar refractivity (Wildman–Crippen MR) is 191 cm³/mol. The molecule has 4 aliphatic rings. The van der Waals surface area contributed by atoms with Gasteiger partial charge in [0.1, 0.15) is 23.3 Å². The summed E-state index contributed by atoms with van der Waals surface area (Å²) >= 11 is 6.15. The summed E-state index contributed by atoms with van der Waals surface area (Å²) in [5, 5.41) is 26.6. The molecule has 0 unspecified atom stereocenters. The number of hydrogen-bond donors (Lipinski definition) is 2. The normalized spacial score (nSPS) is 19.7. The third-order valence-corrected chi connectivity index (χ3v) is 11.2. The Morgan fingerprint density at radius 2 is 1.88 bits per heavy atom. The van der Waals surface area contributed by atoms with Crippen molar-refractivity contribution in [2.45, 2.75) is 63.5 Å². The lowest BCUT2D eigenvalue weighted by Crippen LogP contribution is -2.47. The second-order valence-corrected chi connectivity index (χ2v) is 14.8. The van der Waals surface area contributed by atoms with Crippen LogP contribution in [-0.4, -0.2) is 83.0 Å². The number of hydrogen-bond acceptors (Lipinski definition) is 10. The van der Waals surface area contributed by atoms with E-state index < -0.39 is 52.8 Å². The van der Waals surface area contributed by atoms with Crippen molar-refractivity contribution < 1.29 is 37.4 Å². The number of piperidine rings is 1. The van der Waals surface area contributed by atoms with Crippen LogP contribution in [0.1, 0.15) is 78.3 Å². The van der Waals surface area contributed by atoms with Crippen LogP contribution < -0.4 is 10.9 Å². The van der Waals surface area contributed by atoms with E-state index in [0.717, 1.165) is 16.6 Å².